The fraction of sp³-hybridized carbons (Fsp3) is 0.346. The summed E-state index contributed by atoms with van der Waals surface area (Å²) in [6, 6.07) is 8.22. The highest BCUT2D eigenvalue weighted by Gasteiger charge is 2.31. The Bertz CT molecular complexity index is 1470. The summed E-state index contributed by atoms with van der Waals surface area (Å²) in [4.78, 5) is 30.3. The summed E-state index contributed by atoms with van der Waals surface area (Å²) in [5.74, 6) is -1.23. The van der Waals surface area contributed by atoms with Gasteiger partial charge in [-0.2, -0.15) is 13.2 Å². The maximum Gasteiger partial charge on any atom is 0.401 e. The Kier molecular flexibility index (Phi) is 7.34. The summed E-state index contributed by atoms with van der Waals surface area (Å²) >= 11 is 5.87. The first kappa shape index (κ1) is 26.7. The zero-order valence-electron chi connectivity index (χ0n) is 20.5. The molecule has 3 heterocycles. The van der Waals surface area contributed by atoms with E-state index in [9.17, 15) is 27.9 Å². The molecule has 37 heavy (non-hydrogen) atoms. The van der Waals surface area contributed by atoms with Crippen molar-refractivity contribution in [3.8, 4) is 0 Å². The maximum atomic E-state index is 13.4. The number of carboxylic acid groups (broad SMARTS) is 1. The van der Waals surface area contributed by atoms with E-state index >= 15 is 0 Å². The van der Waals surface area contributed by atoms with Gasteiger partial charge in [-0.1, -0.05) is 23.7 Å². The molecule has 0 saturated carbocycles. The summed E-state index contributed by atoms with van der Waals surface area (Å²) in [5.41, 5.74) is 2.92. The number of hydrogen-bond donors (Lipinski definition) is 2. The van der Waals surface area contributed by atoms with Gasteiger partial charge in [-0.3, -0.25) is 9.69 Å². The fourth-order valence-corrected chi connectivity index (χ4v) is 4.87. The van der Waals surface area contributed by atoms with E-state index in [0.717, 1.165) is 16.7 Å². The van der Waals surface area contributed by atoms with Crippen LogP contribution in [-0.4, -0.2) is 51.3 Å². The number of aryl methyl sites for hydroxylation is 1. The third kappa shape index (κ3) is 5.80. The molecule has 0 fully saturated rings. The third-order valence-electron chi connectivity index (χ3n) is 6.46. The molecule has 1 aliphatic heterocycles. The first-order valence-corrected chi connectivity index (χ1v) is 12.0. The van der Waals surface area contributed by atoms with Crippen LogP contribution in [0.1, 0.15) is 46.7 Å². The monoisotopic (exact) mass is 534 g/mol. The van der Waals surface area contributed by atoms with Gasteiger partial charge in [0.25, 0.3) is 5.56 Å². The smallest absolute Gasteiger partial charge is 0.401 e. The molecule has 0 saturated heterocycles. The molecule has 11 heteroatoms. The van der Waals surface area contributed by atoms with E-state index in [1.54, 1.807) is 19.2 Å². The van der Waals surface area contributed by atoms with Gasteiger partial charge in [0.2, 0.25) is 0 Å². The van der Waals surface area contributed by atoms with Crippen molar-refractivity contribution < 1.29 is 23.1 Å². The molecule has 0 bridgehead atoms. The first-order valence-electron chi connectivity index (χ1n) is 11.6. The molecule has 0 spiro atoms. The lowest BCUT2D eigenvalue weighted by atomic mass is 9.94. The Morgan fingerprint density at radius 3 is 2.59 bits per heavy atom. The minimum atomic E-state index is -4.27. The number of nitrogens with one attached hydrogen (secondary N) is 1. The molecule has 1 atom stereocenters. The van der Waals surface area contributed by atoms with Crippen LogP contribution in [0.3, 0.4) is 0 Å². The van der Waals surface area contributed by atoms with E-state index in [-0.39, 0.29) is 35.2 Å². The van der Waals surface area contributed by atoms with Gasteiger partial charge in [0.05, 0.1) is 12.2 Å². The van der Waals surface area contributed by atoms with Crippen LogP contribution in [0.15, 0.2) is 41.2 Å². The number of halogens is 4. The van der Waals surface area contributed by atoms with E-state index < -0.39 is 24.7 Å². The van der Waals surface area contributed by atoms with E-state index in [2.05, 4.69) is 10.3 Å². The zero-order valence-corrected chi connectivity index (χ0v) is 21.2. The number of benzene rings is 1. The zero-order chi connectivity index (χ0) is 27.1. The summed E-state index contributed by atoms with van der Waals surface area (Å²) in [6.07, 6.45) is -2.15. The highest BCUT2D eigenvalue weighted by Crippen LogP contribution is 2.32. The SMILES string of the molecule is Cc1cc([C@@H](C)Nc2ccc(Cl)nc2C(=O)O)c2cc(C3=CCN(CC(F)(F)F)CC3)n(C)c(=O)c2c1. The number of rotatable bonds is 6. The van der Waals surface area contributed by atoms with Gasteiger partial charge in [0.1, 0.15) is 5.15 Å². The first-order chi connectivity index (χ1) is 17.3. The Balaban J connectivity index is 1.76. The molecular weight excluding hydrogens is 509 g/mol. The number of alkyl halides is 3. The van der Waals surface area contributed by atoms with Crippen LogP contribution in [0, 0.1) is 6.92 Å². The third-order valence-corrected chi connectivity index (χ3v) is 6.67. The molecule has 3 aromatic rings. The number of carboxylic acids is 1. The van der Waals surface area contributed by atoms with Gasteiger partial charge in [-0.15, -0.1) is 0 Å². The Morgan fingerprint density at radius 2 is 1.97 bits per heavy atom. The Hall–Kier alpha value is -3.37. The predicted octanol–water partition coefficient (Wildman–Crippen LogP) is 5.42. The lowest BCUT2D eigenvalue weighted by molar-refractivity contribution is -0.144. The molecule has 0 radical (unpaired) electrons. The van der Waals surface area contributed by atoms with Gasteiger partial charge in [0, 0.05) is 37.3 Å². The van der Waals surface area contributed by atoms with Crippen molar-refractivity contribution in [3.05, 3.63) is 74.4 Å². The van der Waals surface area contributed by atoms with Crippen LogP contribution in [0.4, 0.5) is 18.9 Å². The average Bonchev–Trinajstić information content (AvgIpc) is 2.82. The molecule has 2 N–H and O–H groups in total. The number of nitrogens with zero attached hydrogens (tertiary/aromatic N) is 3. The Morgan fingerprint density at radius 1 is 1.24 bits per heavy atom. The molecule has 4 rings (SSSR count). The van der Waals surface area contributed by atoms with Gasteiger partial charge < -0.3 is 15.0 Å². The number of carbonyl (C=O) groups is 1. The number of fused-ring (bicyclic) bond motifs is 1. The highest BCUT2D eigenvalue weighted by atomic mass is 35.5. The van der Waals surface area contributed by atoms with Crippen LogP contribution in [0.2, 0.25) is 5.15 Å². The van der Waals surface area contributed by atoms with Crippen LogP contribution >= 0.6 is 11.6 Å². The lowest BCUT2D eigenvalue weighted by Crippen LogP contribution is -2.37. The highest BCUT2D eigenvalue weighted by molar-refractivity contribution is 6.29. The second-order valence-electron chi connectivity index (χ2n) is 9.24. The summed E-state index contributed by atoms with van der Waals surface area (Å²) in [6.45, 7) is 3.12. The van der Waals surface area contributed by atoms with Gasteiger partial charge in [-0.25, -0.2) is 9.78 Å². The molecule has 1 aliphatic rings. The van der Waals surface area contributed by atoms with Crippen LogP contribution in [0.5, 0.6) is 0 Å². The number of anilines is 1. The molecule has 0 aliphatic carbocycles. The van der Waals surface area contributed by atoms with Crippen molar-refractivity contribution in [2.75, 3.05) is 25.0 Å². The molecule has 1 aromatic carbocycles. The fourth-order valence-electron chi connectivity index (χ4n) is 4.72. The van der Waals surface area contributed by atoms with Crippen molar-refractivity contribution in [1.29, 1.82) is 0 Å². The van der Waals surface area contributed by atoms with E-state index in [4.69, 9.17) is 11.6 Å². The van der Waals surface area contributed by atoms with Crippen molar-refractivity contribution >= 4 is 39.6 Å². The standard InChI is InChI=1S/C26H26ClF3N4O3/c1-14-10-17(15(2)31-20-4-5-22(27)32-23(20)25(36)37)18-12-21(33(3)24(35)19(18)11-14)16-6-8-34(9-7-16)13-26(28,29)30/h4-6,10-12,15,31H,7-9,13H2,1-3H3,(H,36,37)/t15-/m1/s1. The quantitative estimate of drug-likeness (QED) is 0.411. The molecule has 2 aromatic heterocycles. The molecule has 196 valence electrons. The lowest BCUT2D eigenvalue weighted by Gasteiger charge is -2.28. The van der Waals surface area contributed by atoms with Gasteiger partial charge in [-0.05, 0) is 66.6 Å². The van der Waals surface area contributed by atoms with Crippen molar-refractivity contribution in [1.82, 2.24) is 14.5 Å². The van der Waals surface area contributed by atoms with Crippen LogP contribution in [0.25, 0.3) is 16.3 Å². The van der Waals surface area contributed by atoms with Gasteiger partial charge >= 0.3 is 12.1 Å². The normalized spacial score (nSPS) is 15.5. The number of hydrogen-bond acceptors (Lipinski definition) is 5. The maximum absolute atomic E-state index is 13.4. The second kappa shape index (κ2) is 10.2. The summed E-state index contributed by atoms with van der Waals surface area (Å²) in [7, 11) is 1.65. The predicted molar refractivity (Wildman–Crippen MR) is 137 cm³/mol. The van der Waals surface area contributed by atoms with Crippen molar-refractivity contribution in [3.63, 3.8) is 0 Å². The molecule has 0 unspecified atom stereocenters. The minimum absolute atomic E-state index is 0.0549. The number of aromatic carboxylic acids is 1. The van der Waals surface area contributed by atoms with E-state index in [1.165, 1.54) is 21.6 Å². The number of aromatic nitrogens is 2. The summed E-state index contributed by atoms with van der Waals surface area (Å²) in [5, 5.41) is 14.0. The van der Waals surface area contributed by atoms with E-state index in [1.807, 2.05) is 26.0 Å². The van der Waals surface area contributed by atoms with Crippen molar-refractivity contribution in [2.45, 2.75) is 32.5 Å². The van der Waals surface area contributed by atoms with Crippen LogP contribution in [-0.2, 0) is 7.05 Å². The second-order valence-corrected chi connectivity index (χ2v) is 9.63. The minimum Gasteiger partial charge on any atom is -0.476 e. The van der Waals surface area contributed by atoms with E-state index in [0.29, 0.717) is 22.9 Å². The van der Waals surface area contributed by atoms with Crippen molar-refractivity contribution in [2.24, 2.45) is 7.05 Å². The number of pyridine rings is 2. The molecule has 0 amide bonds. The largest absolute Gasteiger partial charge is 0.476 e. The molecule has 7 nitrogen and oxygen atoms in total. The average molecular weight is 535 g/mol. The molecular formula is C26H26ClF3N4O3. The topological polar surface area (TPSA) is 87.5 Å². The van der Waals surface area contributed by atoms with Gasteiger partial charge in [0.15, 0.2) is 5.69 Å². The Labute approximate surface area is 216 Å². The van der Waals surface area contributed by atoms with Crippen LogP contribution < -0.4 is 10.9 Å². The summed E-state index contributed by atoms with van der Waals surface area (Å²) < 4.78 is 39.9.